The Labute approximate surface area is 163 Å². The van der Waals surface area contributed by atoms with Gasteiger partial charge in [-0.05, 0) is 43.5 Å². The van der Waals surface area contributed by atoms with Gasteiger partial charge >= 0.3 is 11.7 Å². The van der Waals surface area contributed by atoms with Crippen molar-refractivity contribution in [3.8, 4) is 0 Å². The number of esters is 1. The summed E-state index contributed by atoms with van der Waals surface area (Å²) in [6.45, 7) is 1.33. The number of anilines is 1. The average Bonchev–Trinajstić information content (AvgIpc) is 2.63. The van der Waals surface area contributed by atoms with Crippen LogP contribution in [0.2, 0.25) is 5.02 Å². The van der Waals surface area contributed by atoms with Crippen LogP contribution in [0.5, 0.6) is 0 Å². The zero-order valence-corrected chi connectivity index (χ0v) is 15.8. The molecule has 0 spiro atoms. The second-order valence-electron chi connectivity index (χ2n) is 5.31. The van der Waals surface area contributed by atoms with Gasteiger partial charge in [-0.25, -0.2) is 4.79 Å². The number of ether oxygens (including phenoxy) is 1. The van der Waals surface area contributed by atoms with Crippen LogP contribution in [0, 0.1) is 15.9 Å². The van der Waals surface area contributed by atoms with E-state index < -0.39 is 34.4 Å². The molecule has 142 valence electrons. The van der Waals surface area contributed by atoms with E-state index in [0.29, 0.717) is 0 Å². The first-order chi connectivity index (χ1) is 12.7. The summed E-state index contributed by atoms with van der Waals surface area (Å²) in [5.41, 5.74) is -0.669. The van der Waals surface area contributed by atoms with Crippen molar-refractivity contribution in [3.63, 3.8) is 0 Å². The van der Waals surface area contributed by atoms with Gasteiger partial charge in [0.25, 0.3) is 5.91 Å². The van der Waals surface area contributed by atoms with Crippen molar-refractivity contribution in [2.24, 2.45) is 0 Å². The molecule has 0 heterocycles. The van der Waals surface area contributed by atoms with Crippen LogP contribution in [-0.2, 0) is 9.53 Å². The van der Waals surface area contributed by atoms with E-state index in [2.05, 4.69) is 5.32 Å². The molecule has 0 bridgehead atoms. The Bertz CT molecular complexity index is 909. The van der Waals surface area contributed by atoms with Crippen LogP contribution in [0.15, 0.2) is 41.3 Å². The molecule has 7 nitrogen and oxygen atoms in total. The Morgan fingerprint density at radius 3 is 2.63 bits per heavy atom. The molecule has 0 saturated heterocycles. The van der Waals surface area contributed by atoms with Gasteiger partial charge < -0.3 is 10.1 Å². The highest BCUT2D eigenvalue weighted by Crippen LogP contribution is 2.25. The van der Waals surface area contributed by atoms with Crippen LogP contribution in [0.25, 0.3) is 0 Å². The highest BCUT2D eigenvalue weighted by Gasteiger charge is 2.22. The lowest BCUT2D eigenvalue weighted by atomic mass is 10.2. The molecule has 0 aliphatic rings. The maximum atomic E-state index is 13.3. The van der Waals surface area contributed by atoms with E-state index in [1.54, 1.807) is 18.2 Å². The summed E-state index contributed by atoms with van der Waals surface area (Å²) in [6, 6.07) is 7.73. The van der Waals surface area contributed by atoms with Gasteiger partial charge in [0.15, 0.2) is 6.10 Å². The molecule has 10 heteroatoms. The molecule has 27 heavy (non-hydrogen) atoms. The zero-order valence-electron chi connectivity index (χ0n) is 14.2. The summed E-state index contributed by atoms with van der Waals surface area (Å²) < 4.78 is 18.4. The van der Waals surface area contributed by atoms with Crippen LogP contribution < -0.4 is 5.32 Å². The topological polar surface area (TPSA) is 98.5 Å². The van der Waals surface area contributed by atoms with Gasteiger partial charge in [0, 0.05) is 16.6 Å². The number of halogens is 2. The predicted octanol–water partition coefficient (Wildman–Crippen LogP) is 4.29. The molecule has 2 aromatic carbocycles. The van der Waals surface area contributed by atoms with Crippen LogP contribution in [-0.4, -0.2) is 29.2 Å². The van der Waals surface area contributed by atoms with Gasteiger partial charge in [0.2, 0.25) is 5.82 Å². The molecule has 1 atom stereocenters. The minimum Gasteiger partial charge on any atom is -0.449 e. The van der Waals surface area contributed by atoms with Crippen molar-refractivity contribution in [1.29, 1.82) is 0 Å². The van der Waals surface area contributed by atoms with Crippen molar-refractivity contribution in [3.05, 3.63) is 62.9 Å². The number of nitro benzene ring substituents is 1. The third-order valence-electron chi connectivity index (χ3n) is 3.46. The van der Waals surface area contributed by atoms with Gasteiger partial charge in [-0.3, -0.25) is 14.9 Å². The number of thioether (sulfide) groups is 1. The fourth-order valence-electron chi connectivity index (χ4n) is 2.04. The predicted molar refractivity (Wildman–Crippen MR) is 99.8 cm³/mol. The largest absolute Gasteiger partial charge is 0.449 e. The molecule has 1 N–H and O–H groups in total. The molecule has 0 fully saturated rings. The molecule has 1 unspecified atom stereocenters. The Hall–Kier alpha value is -2.65. The van der Waals surface area contributed by atoms with Crippen LogP contribution in [0.1, 0.15) is 17.3 Å². The molecule has 0 aliphatic heterocycles. The highest BCUT2D eigenvalue weighted by molar-refractivity contribution is 7.98. The van der Waals surface area contributed by atoms with Gasteiger partial charge in [-0.2, -0.15) is 4.39 Å². The molecular weight excluding hydrogens is 399 g/mol. The molecule has 0 radical (unpaired) electrons. The molecule has 0 aliphatic carbocycles. The molecule has 0 aromatic heterocycles. The van der Waals surface area contributed by atoms with Crippen LogP contribution in [0.3, 0.4) is 0 Å². The normalized spacial score (nSPS) is 11.6. The van der Waals surface area contributed by atoms with Gasteiger partial charge in [-0.1, -0.05) is 11.6 Å². The third kappa shape index (κ3) is 5.18. The lowest BCUT2D eigenvalue weighted by Gasteiger charge is -2.14. The summed E-state index contributed by atoms with van der Waals surface area (Å²) in [7, 11) is 0. The number of carbonyl (C=O) groups excluding carboxylic acids is 2. The molecule has 1 amide bonds. The summed E-state index contributed by atoms with van der Waals surface area (Å²) in [5.74, 6) is -2.55. The summed E-state index contributed by atoms with van der Waals surface area (Å²) >= 11 is 7.40. The molecule has 0 saturated carbocycles. The first-order valence-electron chi connectivity index (χ1n) is 7.52. The van der Waals surface area contributed by atoms with E-state index >= 15 is 0 Å². The van der Waals surface area contributed by atoms with Crippen molar-refractivity contribution in [1.82, 2.24) is 0 Å². The van der Waals surface area contributed by atoms with E-state index in [1.165, 1.54) is 18.7 Å². The Morgan fingerprint density at radius 2 is 2.00 bits per heavy atom. The number of benzene rings is 2. The first kappa shape index (κ1) is 20.7. The third-order valence-corrected chi connectivity index (χ3v) is 4.51. The molecular formula is C17H14ClFN2O5S. The van der Waals surface area contributed by atoms with Gasteiger partial charge in [0.1, 0.15) is 0 Å². The standard InChI is InChI=1S/C17H14ClFN2O5S/c1-9(26-17(23)12-8-11(27-2)4-5-13(12)18)16(22)20-10-3-6-14(19)15(7-10)21(24)25/h3-9H,1-2H3,(H,20,22). The second kappa shape index (κ2) is 8.83. The van der Waals surface area contributed by atoms with E-state index in [1.807, 2.05) is 6.26 Å². The summed E-state index contributed by atoms with van der Waals surface area (Å²) in [6.07, 6.45) is 0.617. The fraction of sp³-hybridized carbons (Fsp3) is 0.176. The van der Waals surface area contributed by atoms with E-state index in [4.69, 9.17) is 16.3 Å². The lowest BCUT2D eigenvalue weighted by Crippen LogP contribution is -2.30. The van der Waals surface area contributed by atoms with Crippen LogP contribution >= 0.6 is 23.4 Å². The SMILES string of the molecule is CSc1ccc(Cl)c(C(=O)OC(C)C(=O)Nc2ccc(F)c([N+](=O)[O-])c2)c1. The highest BCUT2D eigenvalue weighted by atomic mass is 35.5. The quantitative estimate of drug-likeness (QED) is 0.329. The number of nitrogens with zero attached hydrogens (tertiary/aromatic N) is 1. The van der Waals surface area contributed by atoms with E-state index in [-0.39, 0.29) is 16.3 Å². The zero-order chi connectivity index (χ0) is 20.1. The average molecular weight is 413 g/mol. The van der Waals surface area contributed by atoms with Crippen molar-refractivity contribution >= 4 is 46.6 Å². The lowest BCUT2D eigenvalue weighted by molar-refractivity contribution is -0.387. The first-order valence-corrected chi connectivity index (χ1v) is 9.12. The van der Waals surface area contributed by atoms with Crippen LogP contribution in [0.4, 0.5) is 15.8 Å². The van der Waals surface area contributed by atoms with E-state index in [0.717, 1.165) is 23.1 Å². The fourth-order valence-corrected chi connectivity index (χ4v) is 2.67. The Balaban J connectivity index is 2.09. The Kier molecular flexibility index (Phi) is 6.75. The minimum atomic E-state index is -1.21. The minimum absolute atomic E-state index is 0.00147. The number of nitro groups is 1. The van der Waals surface area contributed by atoms with Gasteiger partial charge in [-0.15, -0.1) is 11.8 Å². The smallest absolute Gasteiger partial charge is 0.340 e. The number of nitrogens with one attached hydrogen (secondary N) is 1. The molecule has 2 aromatic rings. The number of hydrogen-bond acceptors (Lipinski definition) is 6. The number of rotatable bonds is 6. The monoisotopic (exact) mass is 412 g/mol. The van der Waals surface area contributed by atoms with Crippen molar-refractivity contribution in [2.45, 2.75) is 17.9 Å². The van der Waals surface area contributed by atoms with Crippen molar-refractivity contribution < 1.29 is 23.6 Å². The number of amides is 1. The maximum absolute atomic E-state index is 13.3. The van der Waals surface area contributed by atoms with Gasteiger partial charge in [0.05, 0.1) is 15.5 Å². The maximum Gasteiger partial charge on any atom is 0.340 e. The summed E-state index contributed by atoms with van der Waals surface area (Å²) in [4.78, 5) is 35.1. The van der Waals surface area contributed by atoms with Crippen molar-refractivity contribution in [2.75, 3.05) is 11.6 Å². The second-order valence-corrected chi connectivity index (χ2v) is 6.59. The van der Waals surface area contributed by atoms with E-state index in [9.17, 15) is 24.1 Å². The number of hydrogen-bond donors (Lipinski definition) is 1. The number of carbonyl (C=O) groups is 2. The summed E-state index contributed by atoms with van der Waals surface area (Å²) in [5, 5.41) is 13.3. The Morgan fingerprint density at radius 1 is 1.30 bits per heavy atom. The molecule has 2 rings (SSSR count).